The average molecular weight is 452 g/mol. The number of aromatic nitrogens is 2. The van der Waals surface area contributed by atoms with Gasteiger partial charge < -0.3 is 24.4 Å². The number of anilines is 1. The first-order valence-electron chi connectivity index (χ1n) is 11.2. The highest BCUT2D eigenvalue weighted by molar-refractivity contribution is 5.74. The minimum Gasteiger partial charge on any atom is -0.507 e. The van der Waals surface area contributed by atoms with Gasteiger partial charge in [-0.3, -0.25) is 0 Å². The molecule has 4 rings (SSSR count). The maximum Gasteiger partial charge on any atom is 0.410 e. The van der Waals surface area contributed by atoms with Crippen LogP contribution in [0.3, 0.4) is 0 Å². The monoisotopic (exact) mass is 451 g/mol. The molecule has 0 radical (unpaired) electrons. The van der Waals surface area contributed by atoms with Crippen LogP contribution < -0.4 is 9.64 Å². The third kappa shape index (κ3) is 4.80. The number of ether oxygens (including phenoxy) is 2. The number of rotatable bonds is 2. The van der Waals surface area contributed by atoms with E-state index in [2.05, 4.69) is 15.1 Å². The van der Waals surface area contributed by atoms with Crippen molar-refractivity contribution in [2.75, 3.05) is 31.1 Å². The molecule has 9 heteroatoms. The molecule has 2 aromatic rings. The number of likely N-dealkylation sites (tertiary alicyclic amines) is 1. The van der Waals surface area contributed by atoms with E-state index in [0.717, 1.165) is 18.4 Å². The standard InChI is InChI=1S/C24H29N5O4/c1-15-10-16(13-25)11-19(30)21(15)18-12-20-22(27-26-18)29(8-9-32-20)17-6-5-7-28(14-17)23(31)33-24(2,3)4/h10-12,17,30H,5-9,14H2,1-4H3/t17-/m1/s1. The maximum absolute atomic E-state index is 12.6. The Labute approximate surface area is 193 Å². The number of aryl methyl sites for hydroxylation is 1. The minimum absolute atomic E-state index is 0.0197. The summed E-state index contributed by atoms with van der Waals surface area (Å²) in [6.45, 7) is 9.77. The number of aromatic hydroxyl groups is 1. The molecule has 174 valence electrons. The molecular weight excluding hydrogens is 422 g/mol. The molecule has 1 fully saturated rings. The fourth-order valence-corrected chi connectivity index (χ4v) is 4.38. The summed E-state index contributed by atoms with van der Waals surface area (Å²) in [4.78, 5) is 16.5. The fraction of sp³-hybridized carbons (Fsp3) is 0.500. The summed E-state index contributed by atoms with van der Waals surface area (Å²) < 4.78 is 11.4. The number of benzene rings is 1. The van der Waals surface area contributed by atoms with Gasteiger partial charge in [-0.05, 0) is 58.2 Å². The lowest BCUT2D eigenvalue weighted by atomic mass is 10.0. The first-order valence-corrected chi connectivity index (χ1v) is 11.2. The highest BCUT2D eigenvalue weighted by Crippen LogP contribution is 2.38. The molecule has 33 heavy (non-hydrogen) atoms. The Morgan fingerprint density at radius 1 is 1.27 bits per heavy atom. The smallest absolute Gasteiger partial charge is 0.410 e. The molecule has 2 aliphatic heterocycles. The van der Waals surface area contributed by atoms with Gasteiger partial charge in [-0.1, -0.05) is 0 Å². The van der Waals surface area contributed by atoms with Gasteiger partial charge in [-0.15, -0.1) is 10.2 Å². The van der Waals surface area contributed by atoms with Crippen molar-refractivity contribution < 1.29 is 19.4 Å². The second-order valence-electron chi connectivity index (χ2n) is 9.48. The van der Waals surface area contributed by atoms with Crippen molar-refractivity contribution in [1.82, 2.24) is 15.1 Å². The van der Waals surface area contributed by atoms with E-state index in [-0.39, 0.29) is 17.9 Å². The number of piperidine rings is 1. The molecule has 2 aliphatic rings. The third-order valence-electron chi connectivity index (χ3n) is 5.79. The van der Waals surface area contributed by atoms with E-state index in [1.807, 2.05) is 33.8 Å². The van der Waals surface area contributed by atoms with Gasteiger partial charge in [0.15, 0.2) is 11.6 Å². The maximum atomic E-state index is 12.6. The van der Waals surface area contributed by atoms with Crippen LogP contribution in [0.2, 0.25) is 0 Å². The van der Waals surface area contributed by atoms with Crippen molar-refractivity contribution in [3.63, 3.8) is 0 Å². The number of hydrogen-bond donors (Lipinski definition) is 1. The lowest BCUT2D eigenvalue weighted by molar-refractivity contribution is 0.0196. The first kappa shape index (κ1) is 22.6. The van der Waals surface area contributed by atoms with Gasteiger partial charge in [-0.2, -0.15) is 5.26 Å². The molecule has 0 bridgehead atoms. The Morgan fingerprint density at radius 3 is 2.76 bits per heavy atom. The number of nitriles is 1. The normalized spacial score (nSPS) is 18.2. The van der Waals surface area contributed by atoms with E-state index < -0.39 is 5.60 Å². The second kappa shape index (κ2) is 8.77. The second-order valence-corrected chi connectivity index (χ2v) is 9.48. The summed E-state index contributed by atoms with van der Waals surface area (Å²) in [5.74, 6) is 1.20. The molecule has 1 aromatic heterocycles. The molecule has 1 aromatic carbocycles. The molecule has 0 unspecified atom stereocenters. The van der Waals surface area contributed by atoms with Crippen molar-refractivity contribution >= 4 is 11.9 Å². The van der Waals surface area contributed by atoms with Gasteiger partial charge in [0.1, 0.15) is 23.7 Å². The van der Waals surface area contributed by atoms with E-state index in [9.17, 15) is 9.90 Å². The van der Waals surface area contributed by atoms with Crippen molar-refractivity contribution in [1.29, 1.82) is 5.26 Å². The summed E-state index contributed by atoms with van der Waals surface area (Å²) in [5.41, 5.74) is 1.59. The molecule has 1 N–H and O–H groups in total. The number of phenols is 1. The number of nitrogens with zero attached hydrogens (tertiary/aromatic N) is 5. The number of phenolic OH excluding ortho intramolecular Hbond substituents is 1. The van der Waals surface area contributed by atoms with Gasteiger partial charge >= 0.3 is 6.09 Å². The van der Waals surface area contributed by atoms with Crippen LogP contribution >= 0.6 is 0 Å². The number of amides is 1. The van der Waals surface area contributed by atoms with E-state index in [4.69, 9.17) is 14.7 Å². The quantitative estimate of drug-likeness (QED) is 0.737. The van der Waals surface area contributed by atoms with Crippen molar-refractivity contribution in [3.05, 3.63) is 29.3 Å². The van der Waals surface area contributed by atoms with E-state index in [1.54, 1.807) is 17.0 Å². The highest BCUT2D eigenvalue weighted by atomic mass is 16.6. The largest absolute Gasteiger partial charge is 0.507 e. The Balaban J connectivity index is 1.58. The summed E-state index contributed by atoms with van der Waals surface area (Å²) in [7, 11) is 0. The average Bonchev–Trinajstić information content (AvgIpc) is 2.77. The zero-order valence-electron chi connectivity index (χ0n) is 19.5. The van der Waals surface area contributed by atoms with Gasteiger partial charge in [0.25, 0.3) is 0 Å². The van der Waals surface area contributed by atoms with Gasteiger partial charge in [0, 0.05) is 30.8 Å². The van der Waals surface area contributed by atoms with Crippen molar-refractivity contribution in [2.24, 2.45) is 0 Å². The number of carbonyl (C=O) groups is 1. The molecule has 0 saturated carbocycles. The van der Waals surface area contributed by atoms with Gasteiger partial charge in [0.05, 0.1) is 18.2 Å². The molecule has 3 heterocycles. The molecule has 1 atom stereocenters. The van der Waals surface area contributed by atoms with Crippen LogP contribution in [-0.4, -0.2) is 64.2 Å². The fourth-order valence-electron chi connectivity index (χ4n) is 4.38. The van der Waals surface area contributed by atoms with Crippen LogP contribution in [0.25, 0.3) is 11.3 Å². The Morgan fingerprint density at radius 2 is 2.06 bits per heavy atom. The van der Waals surface area contributed by atoms with Crippen molar-refractivity contribution in [3.8, 4) is 28.8 Å². The Bertz CT molecular complexity index is 1080. The molecule has 1 saturated heterocycles. The SMILES string of the molecule is Cc1cc(C#N)cc(O)c1-c1cc2c(nn1)N([C@@H]1CCCN(C(=O)OC(C)(C)C)C1)CCO2. The summed E-state index contributed by atoms with van der Waals surface area (Å²) in [6, 6.07) is 7.02. The predicted octanol–water partition coefficient (Wildman–Crippen LogP) is 3.63. The molecule has 9 nitrogen and oxygen atoms in total. The van der Waals surface area contributed by atoms with Gasteiger partial charge in [0.2, 0.25) is 0 Å². The minimum atomic E-state index is -0.535. The first-order chi connectivity index (χ1) is 15.7. The lowest BCUT2D eigenvalue weighted by Gasteiger charge is -2.41. The summed E-state index contributed by atoms with van der Waals surface area (Å²) >= 11 is 0. The Hall–Kier alpha value is -3.54. The Kier molecular flexibility index (Phi) is 6.02. The molecule has 1 amide bonds. The molecule has 0 spiro atoms. The summed E-state index contributed by atoms with van der Waals surface area (Å²) in [5, 5.41) is 28.4. The summed E-state index contributed by atoms with van der Waals surface area (Å²) in [6.07, 6.45) is 1.51. The third-order valence-corrected chi connectivity index (χ3v) is 5.79. The van der Waals surface area contributed by atoms with Crippen LogP contribution in [0, 0.1) is 18.3 Å². The van der Waals surface area contributed by atoms with Crippen LogP contribution in [0.4, 0.5) is 10.6 Å². The van der Waals surface area contributed by atoms with Gasteiger partial charge in [-0.25, -0.2) is 4.79 Å². The topological polar surface area (TPSA) is 112 Å². The van der Waals surface area contributed by atoms with E-state index in [1.165, 1.54) is 6.07 Å². The zero-order chi connectivity index (χ0) is 23.8. The highest BCUT2D eigenvalue weighted by Gasteiger charge is 2.34. The van der Waals surface area contributed by atoms with Crippen molar-refractivity contribution in [2.45, 2.75) is 52.2 Å². The molecule has 0 aliphatic carbocycles. The molecular formula is C24H29N5O4. The van der Waals surface area contributed by atoms with Crippen LogP contribution in [0.15, 0.2) is 18.2 Å². The van der Waals surface area contributed by atoms with Crippen LogP contribution in [0.1, 0.15) is 44.7 Å². The number of carbonyl (C=O) groups excluding carboxylic acids is 1. The number of hydrogen-bond acceptors (Lipinski definition) is 8. The van der Waals surface area contributed by atoms with Crippen LogP contribution in [0.5, 0.6) is 11.5 Å². The van der Waals surface area contributed by atoms with Crippen LogP contribution in [-0.2, 0) is 4.74 Å². The number of fused-ring (bicyclic) bond motifs is 1. The van der Waals surface area contributed by atoms with E-state index in [0.29, 0.717) is 54.6 Å². The van der Waals surface area contributed by atoms with E-state index >= 15 is 0 Å². The lowest BCUT2D eigenvalue weighted by Crippen LogP contribution is -2.53. The zero-order valence-corrected chi connectivity index (χ0v) is 19.5. The predicted molar refractivity (Wildman–Crippen MR) is 122 cm³/mol.